The number of hydrogen-bond acceptors (Lipinski definition) is 1. The third-order valence-electron chi connectivity index (χ3n) is 4.20. The van der Waals surface area contributed by atoms with E-state index in [1.165, 1.54) is 0 Å². The van der Waals surface area contributed by atoms with Crippen LogP contribution in [0.2, 0.25) is 10.0 Å². The van der Waals surface area contributed by atoms with Crippen molar-refractivity contribution in [2.45, 2.75) is 25.7 Å². The second kappa shape index (κ2) is 3.38. The first-order valence-electron chi connectivity index (χ1n) is 5.62. The maximum atomic E-state index is 9.22. The van der Waals surface area contributed by atoms with Gasteiger partial charge in [-0.2, -0.15) is 0 Å². The van der Waals surface area contributed by atoms with E-state index in [1.807, 2.05) is 18.2 Å². The van der Waals surface area contributed by atoms with Gasteiger partial charge in [0.2, 0.25) is 0 Å². The molecule has 3 heteroatoms. The lowest BCUT2D eigenvalue weighted by Gasteiger charge is -2.70. The molecule has 0 saturated heterocycles. The molecular formula is C13H14Cl2O. The van der Waals surface area contributed by atoms with Crippen molar-refractivity contribution >= 4 is 23.2 Å². The van der Waals surface area contributed by atoms with Gasteiger partial charge in [0.15, 0.2) is 0 Å². The molecule has 0 heterocycles. The highest BCUT2D eigenvalue weighted by Gasteiger charge is 2.66. The first-order chi connectivity index (χ1) is 7.58. The highest BCUT2D eigenvalue weighted by atomic mass is 35.5. The largest absolute Gasteiger partial charge is 0.396 e. The zero-order chi connectivity index (χ0) is 11.4. The van der Waals surface area contributed by atoms with Crippen LogP contribution in [0.3, 0.4) is 0 Å². The van der Waals surface area contributed by atoms with Crippen LogP contribution < -0.4 is 0 Å². The molecule has 4 rings (SSSR count). The Morgan fingerprint density at radius 1 is 1.06 bits per heavy atom. The molecule has 3 aliphatic rings. The molecule has 86 valence electrons. The van der Waals surface area contributed by atoms with Crippen molar-refractivity contribution in [1.29, 1.82) is 0 Å². The van der Waals surface area contributed by atoms with Crippen molar-refractivity contribution < 1.29 is 5.11 Å². The van der Waals surface area contributed by atoms with E-state index in [4.69, 9.17) is 23.2 Å². The molecule has 1 N–H and O–H groups in total. The van der Waals surface area contributed by atoms with Crippen molar-refractivity contribution in [3.8, 4) is 0 Å². The van der Waals surface area contributed by atoms with Gasteiger partial charge in [0.05, 0.1) is 0 Å². The molecule has 0 radical (unpaired) electrons. The van der Waals surface area contributed by atoms with Crippen LogP contribution in [-0.4, -0.2) is 11.7 Å². The van der Waals surface area contributed by atoms with Crippen LogP contribution in [0.5, 0.6) is 0 Å². The van der Waals surface area contributed by atoms with E-state index in [-0.39, 0.29) is 5.41 Å². The molecule has 3 aliphatic carbocycles. The maximum absolute atomic E-state index is 9.22. The summed E-state index contributed by atoms with van der Waals surface area (Å²) in [6, 6.07) is 5.68. The topological polar surface area (TPSA) is 20.2 Å². The molecule has 3 saturated carbocycles. The zero-order valence-corrected chi connectivity index (χ0v) is 10.5. The molecule has 0 amide bonds. The minimum absolute atomic E-state index is 0.258. The molecule has 0 spiro atoms. The minimum atomic E-state index is 0.258. The molecule has 0 unspecified atom stereocenters. The Kier molecular flexibility index (Phi) is 2.30. The average molecular weight is 257 g/mol. The Hall–Kier alpha value is -0.240. The van der Waals surface area contributed by atoms with Gasteiger partial charge in [-0.1, -0.05) is 29.3 Å². The standard InChI is InChI=1S/C13H14Cl2O/c14-10-2-1-3-11(15)9(10)4-12-5-13(6-12,7-12)8-16/h1-3,16H,4-8H2. The summed E-state index contributed by atoms with van der Waals surface area (Å²) < 4.78 is 0. The van der Waals surface area contributed by atoms with Crippen molar-refractivity contribution in [2.75, 3.05) is 6.61 Å². The maximum Gasteiger partial charge on any atom is 0.0488 e. The fourth-order valence-corrected chi connectivity index (χ4v) is 4.19. The quantitative estimate of drug-likeness (QED) is 0.875. The second-order valence-corrected chi connectivity index (χ2v) is 6.38. The number of halogens is 2. The van der Waals surface area contributed by atoms with Gasteiger partial charge in [0.25, 0.3) is 0 Å². The van der Waals surface area contributed by atoms with Gasteiger partial charge in [0, 0.05) is 16.7 Å². The van der Waals surface area contributed by atoms with Gasteiger partial charge in [0.1, 0.15) is 0 Å². The predicted octanol–water partition coefficient (Wildman–Crippen LogP) is 3.70. The fourth-order valence-electron chi connectivity index (χ4n) is 3.66. The van der Waals surface area contributed by atoms with Gasteiger partial charge >= 0.3 is 0 Å². The first-order valence-corrected chi connectivity index (χ1v) is 6.38. The highest BCUT2D eigenvalue weighted by molar-refractivity contribution is 6.36. The normalized spacial score (nSPS) is 35.4. The lowest BCUT2D eigenvalue weighted by atomic mass is 9.34. The lowest BCUT2D eigenvalue weighted by Crippen LogP contribution is -2.64. The predicted molar refractivity (Wildman–Crippen MR) is 66.0 cm³/mol. The van der Waals surface area contributed by atoms with E-state index in [0.29, 0.717) is 12.0 Å². The Morgan fingerprint density at radius 2 is 1.62 bits per heavy atom. The molecule has 2 bridgehead atoms. The van der Waals surface area contributed by atoms with Crippen LogP contribution in [0, 0.1) is 10.8 Å². The lowest BCUT2D eigenvalue weighted by molar-refractivity contribution is -0.222. The summed E-state index contributed by atoms with van der Waals surface area (Å²) in [6.07, 6.45) is 4.38. The number of rotatable bonds is 3. The van der Waals surface area contributed by atoms with E-state index < -0.39 is 0 Å². The molecular weight excluding hydrogens is 243 g/mol. The van der Waals surface area contributed by atoms with Crippen LogP contribution in [0.1, 0.15) is 24.8 Å². The Balaban J connectivity index is 1.78. The summed E-state index contributed by atoms with van der Waals surface area (Å²) >= 11 is 12.3. The van der Waals surface area contributed by atoms with Gasteiger partial charge in [-0.3, -0.25) is 0 Å². The van der Waals surface area contributed by atoms with Gasteiger partial charge in [-0.25, -0.2) is 0 Å². The molecule has 3 fully saturated rings. The first kappa shape index (κ1) is 10.9. The molecule has 1 aromatic rings. The molecule has 1 aromatic carbocycles. The van der Waals surface area contributed by atoms with E-state index in [0.717, 1.165) is 41.3 Å². The van der Waals surface area contributed by atoms with Gasteiger partial charge in [-0.15, -0.1) is 0 Å². The van der Waals surface area contributed by atoms with E-state index in [9.17, 15) is 5.11 Å². The summed E-state index contributed by atoms with van der Waals surface area (Å²) in [5.74, 6) is 0. The number of hydrogen-bond donors (Lipinski definition) is 1. The van der Waals surface area contributed by atoms with Crippen LogP contribution in [0.4, 0.5) is 0 Å². The minimum Gasteiger partial charge on any atom is -0.396 e. The van der Waals surface area contributed by atoms with Crippen molar-refractivity contribution in [3.05, 3.63) is 33.8 Å². The van der Waals surface area contributed by atoms with Crippen molar-refractivity contribution in [1.82, 2.24) is 0 Å². The Bertz CT molecular complexity index is 402. The molecule has 0 aliphatic heterocycles. The summed E-state index contributed by atoms with van der Waals surface area (Å²) in [4.78, 5) is 0. The van der Waals surface area contributed by atoms with Crippen LogP contribution in [0.25, 0.3) is 0 Å². The van der Waals surface area contributed by atoms with Crippen molar-refractivity contribution in [2.24, 2.45) is 10.8 Å². The average Bonchev–Trinajstić information content (AvgIpc) is 2.13. The van der Waals surface area contributed by atoms with Gasteiger partial charge < -0.3 is 5.11 Å². The van der Waals surface area contributed by atoms with Crippen molar-refractivity contribution in [3.63, 3.8) is 0 Å². The van der Waals surface area contributed by atoms with Gasteiger partial charge in [-0.05, 0) is 54.2 Å². The summed E-state index contributed by atoms with van der Waals surface area (Å²) in [6.45, 7) is 0.338. The number of aliphatic hydroxyl groups is 1. The third-order valence-corrected chi connectivity index (χ3v) is 4.91. The highest BCUT2D eigenvalue weighted by Crippen LogP contribution is 2.74. The summed E-state index contributed by atoms with van der Waals surface area (Å²) in [5.41, 5.74) is 1.72. The molecule has 0 atom stereocenters. The van der Waals surface area contributed by atoms with Crippen LogP contribution in [-0.2, 0) is 6.42 Å². The summed E-state index contributed by atoms with van der Waals surface area (Å²) in [5, 5.41) is 10.8. The van der Waals surface area contributed by atoms with E-state index in [1.54, 1.807) is 0 Å². The van der Waals surface area contributed by atoms with E-state index in [2.05, 4.69) is 0 Å². The fraction of sp³-hybridized carbons (Fsp3) is 0.538. The number of aliphatic hydroxyl groups excluding tert-OH is 1. The van der Waals surface area contributed by atoms with Crippen LogP contribution in [0.15, 0.2) is 18.2 Å². The molecule has 0 aromatic heterocycles. The Morgan fingerprint density at radius 3 is 2.12 bits per heavy atom. The number of benzene rings is 1. The molecule has 1 nitrogen and oxygen atoms in total. The molecule has 16 heavy (non-hydrogen) atoms. The van der Waals surface area contributed by atoms with Crippen LogP contribution >= 0.6 is 23.2 Å². The Labute approximate surface area is 105 Å². The smallest absolute Gasteiger partial charge is 0.0488 e. The van der Waals surface area contributed by atoms with E-state index >= 15 is 0 Å². The zero-order valence-electron chi connectivity index (χ0n) is 8.97. The SMILES string of the molecule is OCC12CC(Cc3c(Cl)cccc3Cl)(C1)C2. The monoisotopic (exact) mass is 256 g/mol. The summed E-state index contributed by atoms with van der Waals surface area (Å²) in [7, 11) is 0. The third kappa shape index (κ3) is 1.42. The second-order valence-electron chi connectivity index (χ2n) is 5.57.